The highest BCUT2D eigenvalue weighted by atomic mass is 79.9. The second-order valence-electron chi connectivity index (χ2n) is 5.51. The van der Waals surface area contributed by atoms with E-state index in [2.05, 4.69) is 33.0 Å². The van der Waals surface area contributed by atoms with E-state index in [0.29, 0.717) is 11.0 Å². The van der Waals surface area contributed by atoms with Gasteiger partial charge in [0.25, 0.3) is 10.0 Å². The highest BCUT2D eigenvalue weighted by molar-refractivity contribution is 9.10. The average molecular weight is 381 g/mol. The zero-order chi connectivity index (χ0) is 15.7. The Hall–Kier alpha value is -1.24. The van der Waals surface area contributed by atoms with Crippen LogP contribution in [-0.2, 0) is 16.4 Å². The number of aryl methyl sites for hydroxylation is 1. The van der Waals surface area contributed by atoms with E-state index in [9.17, 15) is 8.42 Å². The van der Waals surface area contributed by atoms with Crippen LogP contribution in [0, 0.1) is 0 Å². The van der Waals surface area contributed by atoms with Gasteiger partial charge in [0.15, 0.2) is 5.03 Å². The summed E-state index contributed by atoms with van der Waals surface area (Å²) in [7, 11) is -1.96. The first kappa shape index (κ1) is 15.6. The first-order chi connectivity index (χ1) is 10.5. The number of benzene rings is 1. The minimum absolute atomic E-state index is 0.0729. The molecule has 0 spiro atoms. The van der Waals surface area contributed by atoms with E-state index in [4.69, 9.17) is 0 Å². The number of sulfonamides is 1. The first-order valence-electron chi connectivity index (χ1n) is 7.15. The molecule has 4 nitrogen and oxygen atoms in total. The van der Waals surface area contributed by atoms with Gasteiger partial charge in [-0.3, -0.25) is 0 Å². The fourth-order valence-electron chi connectivity index (χ4n) is 2.95. The Morgan fingerprint density at radius 2 is 2.05 bits per heavy atom. The van der Waals surface area contributed by atoms with E-state index in [1.54, 1.807) is 19.2 Å². The van der Waals surface area contributed by atoms with Crippen molar-refractivity contribution in [3.8, 4) is 0 Å². The molecule has 0 N–H and O–H groups in total. The average Bonchev–Trinajstić information content (AvgIpc) is 2.91. The van der Waals surface area contributed by atoms with Gasteiger partial charge in [-0.2, -0.15) is 4.31 Å². The maximum Gasteiger partial charge on any atom is 0.261 e. The van der Waals surface area contributed by atoms with E-state index in [1.807, 2.05) is 12.1 Å². The summed E-state index contributed by atoms with van der Waals surface area (Å²) in [4.78, 5) is 4.01. The molecule has 2 aromatic rings. The van der Waals surface area contributed by atoms with Crippen molar-refractivity contribution in [2.24, 2.45) is 0 Å². The monoisotopic (exact) mass is 380 g/mol. The van der Waals surface area contributed by atoms with Crippen molar-refractivity contribution in [1.82, 2.24) is 9.29 Å². The molecule has 1 heterocycles. The molecule has 0 saturated heterocycles. The lowest BCUT2D eigenvalue weighted by Gasteiger charge is -2.21. The summed E-state index contributed by atoms with van der Waals surface area (Å²) >= 11 is 3.27. The lowest BCUT2D eigenvalue weighted by molar-refractivity contribution is 0.432. The SMILES string of the molecule is CN(CC1CCc2ccccc21)S(=O)(=O)c1ncccc1Br. The third kappa shape index (κ3) is 2.83. The zero-order valence-electron chi connectivity index (χ0n) is 12.2. The Morgan fingerprint density at radius 1 is 1.27 bits per heavy atom. The van der Waals surface area contributed by atoms with Gasteiger partial charge in [-0.25, -0.2) is 13.4 Å². The Kier molecular flexibility index (Phi) is 4.34. The normalized spacial score (nSPS) is 17.7. The van der Waals surface area contributed by atoms with E-state index in [-0.39, 0.29) is 10.9 Å². The van der Waals surface area contributed by atoms with Crippen LogP contribution in [0.2, 0.25) is 0 Å². The van der Waals surface area contributed by atoms with Crippen molar-refractivity contribution in [2.75, 3.05) is 13.6 Å². The molecule has 0 amide bonds. The van der Waals surface area contributed by atoms with Crippen LogP contribution in [0.4, 0.5) is 0 Å². The molecule has 6 heteroatoms. The van der Waals surface area contributed by atoms with Crippen molar-refractivity contribution in [3.63, 3.8) is 0 Å². The number of nitrogens with zero attached hydrogens (tertiary/aromatic N) is 2. The minimum Gasteiger partial charge on any atom is -0.242 e. The molecule has 0 fully saturated rings. The molecule has 1 unspecified atom stereocenters. The highest BCUT2D eigenvalue weighted by Crippen LogP contribution is 2.34. The molecule has 22 heavy (non-hydrogen) atoms. The zero-order valence-corrected chi connectivity index (χ0v) is 14.6. The molecule has 1 aliphatic carbocycles. The molecule has 1 aliphatic rings. The number of pyridine rings is 1. The molecule has 1 aromatic heterocycles. The van der Waals surface area contributed by atoms with E-state index in [1.165, 1.54) is 21.6 Å². The molecular formula is C16H17BrN2O2S. The number of aromatic nitrogens is 1. The fraction of sp³-hybridized carbons (Fsp3) is 0.312. The van der Waals surface area contributed by atoms with Crippen molar-refractivity contribution in [3.05, 3.63) is 58.2 Å². The van der Waals surface area contributed by atoms with Crippen LogP contribution in [0.5, 0.6) is 0 Å². The van der Waals surface area contributed by atoms with Crippen molar-refractivity contribution in [1.29, 1.82) is 0 Å². The van der Waals surface area contributed by atoms with Crippen molar-refractivity contribution >= 4 is 26.0 Å². The largest absolute Gasteiger partial charge is 0.261 e. The van der Waals surface area contributed by atoms with E-state index >= 15 is 0 Å². The summed E-state index contributed by atoms with van der Waals surface area (Å²) in [6, 6.07) is 11.7. The molecule has 1 atom stereocenters. The number of rotatable bonds is 4. The number of hydrogen-bond donors (Lipinski definition) is 0. The van der Waals surface area contributed by atoms with E-state index in [0.717, 1.165) is 12.8 Å². The number of likely N-dealkylation sites (N-methyl/N-ethyl adjacent to an activating group) is 1. The van der Waals surface area contributed by atoms with Crippen molar-refractivity contribution < 1.29 is 8.42 Å². The lowest BCUT2D eigenvalue weighted by atomic mass is 10.0. The third-order valence-corrected chi connectivity index (χ3v) is 6.80. The number of fused-ring (bicyclic) bond motifs is 1. The summed E-state index contributed by atoms with van der Waals surface area (Å²) in [6.07, 6.45) is 3.50. The third-order valence-electron chi connectivity index (χ3n) is 4.11. The lowest BCUT2D eigenvalue weighted by Crippen LogP contribution is -2.31. The Balaban J connectivity index is 1.84. The van der Waals surface area contributed by atoms with Gasteiger partial charge in [0.2, 0.25) is 0 Å². The molecule has 0 bridgehead atoms. The summed E-state index contributed by atoms with van der Waals surface area (Å²) in [5, 5.41) is 0.0729. The maximum absolute atomic E-state index is 12.7. The van der Waals surface area contributed by atoms with Gasteiger partial charge < -0.3 is 0 Å². The fourth-order valence-corrected chi connectivity index (χ4v) is 5.00. The van der Waals surface area contributed by atoms with Crippen LogP contribution in [-0.4, -0.2) is 31.3 Å². The predicted octanol–water partition coefficient (Wildman–Crippen LogP) is 3.19. The number of hydrogen-bond acceptors (Lipinski definition) is 3. The maximum atomic E-state index is 12.7. The van der Waals surface area contributed by atoms with Gasteiger partial charge >= 0.3 is 0 Å². The van der Waals surface area contributed by atoms with Gasteiger partial charge in [0.05, 0.1) is 4.47 Å². The molecule has 1 aromatic carbocycles. The first-order valence-corrected chi connectivity index (χ1v) is 9.38. The number of halogens is 1. The molecular weight excluding hydrogens is 364 g/mol. The van der Waals surface area contributed by atoms with Crippen LogP contribution in [0.25, 0.3) is 0 Å². The second-order valence-corrected chi connectivity index (χ2v) is 8.32. The standard InChI is InChI=1S/C16H17BrN2O2S/c1-19(22(20,21)16-15(17)7-4-10-18-16)11-13-9-8-12-5-2-3-6-14(12)13/h2-7,10,13H,8-9,11H2,1H3. The van der Waals surface area contributed by atoms with Gasteiger partial charge in [-0.15, -0.1) is 0 Å². The Bertz CT molecular complexity index is 792. The van der Waals surface area contributed by atoms with Crippen LogP contribution in [0.3, 0.4) is 0 Å². The van der Waals surface area contributed by atoms with Gasteiger partial charge in [0.1, 0.15) is 0 Å². The van der Waals surface area contributed by atoms with E-state index < -0.39 is 10.0 Å². The Morgan fingerprint density at radius 3 is 2.82 bits per heavy atom. The van der Waals surface area contributed by atoms with Gasteiger partial charge in [-0.05, 0) is 57.9 Å². The smallest absolute Gasteiger partial charge is 0.242 e. The summed E-state index contributed by atoms with van der Waals surface area (Å²) < 4.78 is 27.3. The summed E-state index contributed by atoms with van der Waals surface area (Å²) in [6.45, 7) is 0.475. The van der Waals surface area contributed by atoms with Crippen LogP contribution in [0.1, 0.15) is 23.5 Å². The molecule has 3 rings (SSSR count). The minimum atomic E-state index is -3.58. The van der Waals surface area contributed by atoms with Crippen LogP contribution in [0.15, 0.2) is 52.1 Å². The molecule has 116 valence electrons. The molecule has 0 aliphatic heterocycles. The topological polar surface area (TPSA) is 50.3 Å². The quantitative estimate of drug-likeness (QED) is 0.818. The predicted molar refractivity (Wildman–Crippen MR) is 89.3 cm³/mol. The van der Waals surface area contributed by atoms with Crippen LogP contribution >= 0.6 is 15.9 Å². The van der Waals surface area contributed by atoms with Gasteiger partial charge in [-0.1, -0.05) is 24.3 Å². The Labute approximate surface area is 139 Å². The summed E-state index contributed by atoms with van der Waals surface area (Å²) in [5.74, 6) is 0.249. The molecule has 0 saturated carbocycles. The van der Waals surface area contributed by atoms with Crippen LogP contribution < -0.4 is 0 Å². The van der Waals surface area contributed by atoms with Crippen molar-refractivity contribution in [2.45, 2.75) is 23.8 Å². The molecule has 0 radical (unpaired) electrons. The van der Waals surface area contributed by atoms with Gasteiger partial charge in [0, 0.05) is 19.8 Å². The second kappa shape index (κ2) is 6.10. The highest BCUT2D eigenvalue weighted by Gasteiger charge is 2.30. The summed E-state index contributed by atoms with van der Waals surface area (Å²) in [5.41, 5.74) is 2.60.